The molecule has 0 saturated carbocycles. The molecule has 1 heterocycles. The van der Waals surface area contributed by atoms with Gasteiger partial charge in [-0.2, -0.15) is 0 Å². The van der Waals surface area contributed by atoms with E-state index in [-0.39, 0.29) is 5.31 Å². The maximum absolute atomic E-state index is 10.8. The highest BCUT2D eigenvalue weighted by Crippen LogP contribution is 2.34. The standard InChI is InChI=1S/C6H3O4P/c1-3(6(8)9)5(7)4-2-11(4)10/h1H2,(H,8,9). The maximum Gasteiger partial charge on any atom is 0.339 e. The summed E-state index contributed by atoms with van der Waals surface area (Å²) < 4.78 is 0. The number of rotatable bonds is 3. The van der Waals surface area contributed by atoms with Crippen molar-refractivity contribution >= 4 is 25.0 Å². The van der Waals surface area contributed by atoms with Gasteiger partial charge < -0.3 is 10.00 Å². The fraction of sp³-hybridized carbons (Fsp3) is 0. The fourth-order valence-corrected chi connectivity index (χ4v) is 1.14. The molecule has 0 aliphatic carbocycles. The van der Waals surface area contributed by atoms with Crippen LogP contribution in [-0.4, -0.2) is 22.3 Å². The Balaban J connectivity index is 2.65. The van der Waals surface area contributed by atoms with E-state index in [0.717, 1.165) is 0 Å². The van der Waals surface area contributed by atoms with Crippen molar-refractivity contribution < 1.29 is 19.6 Å². The Morgan fingerprint density at radius 1 is 1.64 bits per heavy atom. The van der Waals surface area contributed by atoms with Gasteiger partial charge in [-0.05, 0) is 0 Å². The van der Waals surface area contributed by atoms with Gasteiger partial charge in [-0.1, -0.05) is 6.58 Å². The molecular formula is C6H3O4P. The van der Waals surface area contributed by atoms with E-state index in [2.05, 4.69) is 12.0 Å². The average molecular weight is 170 g/mol. The van der Waals surface area contributed by atoms with Crippen molar-refractivity contribution in [3.63, 3.8) is 0 Å². The summed E-state index contributed by atoms with van der Waals surface area (Å²) in [5.41, 5.74) is 1.66. The van der Waals surface area contributed by atoms with Crippen LogP contribution in [0, 0.1) is 0 Å². The molecule has 1 unspecified atom stereocenters. The number of carboxylic acids is 1. The van der Waals surface area contributed by atoms with E-state index >= 15 is 0 Å². The Morgan fingerprint density at radius 3 is 2.36 bits per heavy atom. The highest BCUT2D eigenvalue weighted by atomic mass is 31.1. The Bertz CT molecular complexity index is 332. The van der Waals surface area contributed by atoms with Crippen LogP contribution in [-0.2, 0) is 9.59 Å². The zero-order chi connectivity index (χ0) is 8.59. The van der Waals surface area contributed by atoms with Crippen molar-refractivity contribution in [1.82, 2.24) is 0 Å². The summed E-state index contributed by atoms with van der Waals surface area (Å²) in [6.45, 7) is 3.01. The van der Waals surface area contributed by atoms with Gasteiger partial charge in [0.1, 0.15) is 11.0 Å². The van der Waals surface area contributed by atoms with Crippen LogP contribution in [0.15, 0.2) is 17.5 Å². The van der Waals surface area contributed by atoms with Crippen LogP contribution in [0.3, 0.4) is 0 Å². The molecule has 0 aromatic heterocycles. The van der Waals surface area contributed by atoms with Crippen LogP contribution in [0.1, 0.15) is 0 Å². The van der Waals surface area contributed by atoms with Crippen molar-refractivity contribution in [2.45, 2.75) is 0 Å². The van der Waals surface area contributed by atoms with Gasteiger partial charge in [0.2, 0.25) is 0 Å². The number of hydrogen-bond acceptors (Lipinski definition) is 3. The smallest absolute Gasteiger partial charge is 0.339 e. The molecule has 0 spiro atoms. The van der Waals surface area contributed by atoms with Crippen molar-refractivity contribution in [2.75, 3.05) is 0 Å². The lowest BCUT2D eigenvalue weighted by Crippen LogP contribution is -2.10. The summed E-state index contributed by atoms with van der Waals surface area (Å²) in [4.78, 5) is 31.3. The lowest BCUT2D eigenvalue weighted by atomic mass is 10.2. The third-order valence-corrected chi connectivity index (χ3v) is 2.03. The van der Waals surface area contributed by atoms with Crippen molar-refractivity contribution in [1.29, 1.82) is 0 Å². The fourth-order valence-electron chi connectivity index (χ4n) is 0.454. The second-order valence-electron chi connectivity index (χ2n) is 1.87. The lowest BCUT2D eigenvalue weighted by Gasteiger charge is -1.89. The molecule has 0 fully saturated rings. The van der Waals surface area contributed by atoms with E-state index in [1.807, 2.05) is 0 Å². The van der Waals surface area contributed by atoms with Gasteiger partial charge in [0.15, 0.2) is 7.77 Å². The predicted molar refractivity (Wildman–Crippen MR) is 37.2 cm³/mol. The molecule has 0 amide bonds. The Labute approximate surface area is 62.9 Å². The summed E-state index contributed by atoms with van der Waals surface area (Å²) >= 11 is 0. The third kappa shape index (κ3) is 1.44. The summed E-state index contributed by atoms with van der Waals surface area (Å²) in [5.74, 6) is -2.17. The highest BCUT2D eigenvalue weighted by molar-refractivity contribution is 7.64. The van der Waals surface area contributed by atoms with Crippen LogP contribution in [0.25, 0.3) is 0 Å². The molecule has 1 rings (SSSR count). The zero-order valence-electron chi connectivity index (χ0n) is 5.33. The summed E-state index contributed by atoms with van der Waals surface area (Å²) in [7, 11) is -1.79. The topological polar surface area (TPSA) is 77.4 Å². The van der Waals surface area contributed by atoms with Gasteiger partial charge in [0.05, 0.1) is 0 Å². The van der Waals surface area contributed by atoms with Gasteiger partial charge in [-0.3, -0.25) is 4.79 Å². The summed E-state index contributed by atoms with van der Waals surface area (Å²) in [6.07, 6.45) is 0. The number of carbonyl (C=O) groups excluding carboxylic acids is 1. The Morgan fingerprint density at radius 2 is 2.09 bits per heavy atom. The number of carboxylic acid groups (broad SMARTS) is 1. The van der Waals surface area contributed by atoms with Gasteiger partial charge in [-0.25, -0.2) is 4.79 Å². The molecule has 0 saturated heterocycles. The normalized spacial score (nSPS) is 16.5. The van der Waals surface area contributed by atoms with Gasteiger partial charge >= 0.3 is 5.97 Å². The first-order valence-corrected chi connectivity index (χ1v) is 3.87. The number of hydrogen-bond donors (Lipinski definition) is 1. The first-order chi connectivity index (χ1) is 5.04. The quantitative estimate of drug-likeness (QED) is 0.261. The molecule has 11 heavy (non-hydrogen) atoms. The molecule has 1 atom stereocenters. The number of Topliss-reactive ketones (excluding diaryl/α,β-unsaturated/α-hetero) is 1. The molecular weight excluding hydrogens is 167 g/mol. The molecule has 0 radical (unpaired) electrons. The second-order valence-corrected chi connectivity index (χ2v) is 3.13. The first-order valence-electron chi connectivity index (χ1n) is 2.62. The van der Waals surface area contributed by atoms with Gasteiger partial charge in [-0.15, -0.1) is 0 Å². The molecule has 1 aliphatic heterocycles. The second kappa shape index (κ2) is 2.44. The summed E-state index contributed by atoms with van der Waals surface area (Å²) in [6, 6.07) is 0. The predicted octanol–water partition coefficient (Wildman–Crippen LogP) is -0.748. The largest absolute Gasteiger partial charge is 0.618 e. The lowest BCUT2D eigenvalue weighted by molar-refractivity contribution is -0.149. The van der Waals surface area contributed by atoms with Gasteiger partial charge in [0, 0.05) is 0 Å². The highest BCUT2D eigenvalue weighted by Gasteiger charge is 2.34. The van der Waals surface area contributed by atoms with Crippen molar-refractivity contribution in [3.8, 4) is 0 Å². The zero-order valence-corrected chi connectivity index (χ0v) is 6.22. The monoisotopic (exact) mass is 170 g/mol. The van der Waals surface area contributed by atoms with Crippen LogP contribution in [0.2, 0.25) is 0 Å². The molecule has 0 aromatic rings. The minimum atomic E-state index is -1.79. The molecule has 56 valence electrons. The third-order valence-electron chi connectivity index (χ3n) is 1.11. The number of ketones is 1. The number of allylic oxidation sites excluding steroid dienone is 1. The first kappa shape index (κ1) is 7.89. The Kier molecular flexibility index (Phi) is 1.75. The number of aliphatic carboxylic acids is 1. The van der Waals surface area contributed by atoms with E-state index in [9.17, 15) is 14.5 Å². The van der Waals surface area contributed by atoms with Crippen LogP contribution < -0.4 is 4.89 Å². The number of carbonyl (C=O) groups is 2. The van der Waals surface area contributed by atoms with Crippen molar-refractivity contribution in [3.05, 3.63) is 17.5 Å². The van der Waals surface area contributed by atoms with E-state index < -0.39 is 25.1 Å². The van der Waals surface area contributed by atoms with E-state index in [1.165, 1.54) is 0 Å². The molecule has 0 aromatic carbocycles. The van der Waals surface area contributed by atoms with E-state index in [0.29, 0.717) is 0 Å². The van der Waals surface area contributed by atoms with E-state index in [1.54, 1.807) is 0 Å². The SMILES string of the molecule is C=C(C(=O)O)C(=O)C1=C=[P+]1[O-]. The van der Waals surface area contributed by atoms with Crippen LogP contribution in [0.4, 0.5) is 0 Å². The minimum absolute atomic E-state index is 0.0487. The maximum atomic E-state index is 10.8. The summed E-state index contributed by atoms with van der Waals surface area (Å²) in [5, 5.41) is 8.21. The van der Waals surface area contributed by atoms with Crippen LogP contribution >= 0.6 is 7.77 Å². The van der Waals surface area contributed by atoms with Crippen LogP contribution in [0.5, 0.6) is 0 Å². The Hall–Kier alpha value is -1.21. The van der Waals surface area contributed by atoms with Crippen molar-refractivity contribution in [2.24, 2.45) is 0 Å². The minimum Gasteiger partial charge on any atom is -0.618 e. The molecule has 5 heteroatoms. The van der Waals surface area contributed by atoms with E-state index in [4.69, 9.17) is 5.11 Å². The molecule has 4 nitrogen and oxygen atoms in total. The average Bonchev–Trinajstić information content (AvgIpc) is 2.63. The molecule has 1 aliphatic rings. The van der Waals surface area contributed by atoms with Gasteiger partial charge in [0.25, 0.3) is 11.1 Å². The molecule has 0 bridgehead atoms. The molecule has 1 N–H and O–H groups in total.